The van der Waals surface area contributed by atoms with Gasteiger partial charge in [-0.05, 0) is 31.2 Å². The van der Waals surface area contributed by atoms with Crippen molar-refractivity contribution >= 4 is 22.7 Å². The van der Waals surface area contributed by atoms with Gasteiger partial charge in [-0.25, -0.2) is 4.98 Å². The maximum absolute atomic E-state index is 5.28. The molecule has 5 aromatic rings. The number of aryl methyl sites for hydroxylation is 1. The summed E-state index contributed by atoms with van der Waals surface area (Å²) >= 11 is 3.43. The fraction of sp³-hybridized carbons (Fsp3) is 0.0500. The van der Waals surface area contributed by atoms with Crippen molar-refractivity contribution in [1.82, 2.24) is 15.1 Å². The second-order valence-corrected chi connectivity index (χ2v) is 8.07. The summed E-state index contributed by atoms with van der Waals surface area (Å²) in [6, 6.07) is 15.8. The van der Waals surface area contributed by atoms with Gasteiger partial charge in [-0.2, -0.15) is 4.98 Å². The fourth-order valence-corrected chi connectivity index (χ4v) is 4.47. The first-order chi connectivity index (χ1) is 13.3. The lowest BCUT2D eigenvalue weighted by atomic mass is 10.1. The van der Waals surface area contributed by atoms with E-state index in [1.165, 1.54) is 9.75 Å². The average molecular weight is 391 g/mol. The van der Waals surface area contributed by atoms with Crippen molar-refractivity contribution in [3.05, 3.63) is 65.1 Å². The second kappa shape index (κ2) is 6.61. The molecule has 0 saturated carbocycles. The van der Waals surface area contributed by atoms with Crippen LogP contribution in [-0.2, 0) is 0 Å². The predicted molar refractivity (Wildman–Crippen MR) is 107 cm³/mol. The molecule has 0 N–H and O–H groups in total. The van der Waals surface area contributed by atoms with E-state index in [1.54, 1.807) is 41.1 Å². The van der Waals surface area contributed by atoms with Gasteiger partial charge in [-0.15, -0.1) is 22.7 Å². The minimum absolute atomic E-state index is 0.370. The smallest absolute Gasteiger partial charge is 0.293 e. The van der Waals surface area contributed by atoms with Crippen molar-refractivity contribution < 1.29 is 8.94 Å². The molecule has 5 nitrogen and oxygen atoms in total. The molecular formula is C20H13N3O2S2. The van der Waals surface area contributed by atoms with Gasteiger partial charge in [-0.3, -0.25) is 0 Å². The number of rotatable bonds is 4. The van der Waals surface area contributed by atoms with Gasteiger partial charge < -0.3 is 8.94 Å². The SMILES string of the molecule is Cc1ccc(-c2nc(-c3ccc(-c4noc(-c5ccco5)n4)cc3)cs2)s1. The number of thiophene rings is 1. The van der Waals surface area contributed by atoms with Gasteiger partial charge in [0.2, 0.25) is 5.82 Å². The molecule has 0 saturated heterocycles. The fourth-order valence-electron chi connectivity index (χ4n) is 2.70. The van der Waals surface area contributed by atoms with E-state index in [4.69, 9.17) is 13.9 Å². The van der Waals surface area contributed by atoms with Gasteiger partial charge in [0.1, 0.15) is 5.01 Å². The minimum Gasteiger partial charge on any atom is -0.459 e. The van der Waals surface area contributed by atoms with Crippen molar-refractivity contribution in [3.8, 4) is 44.2 Å². The van der Waals surface area contributed by atoms with E-state index in [0.717, 1.165) is 21.8 Å². The van der Waals surface area contributed by atoms with E-state index in [9.17, 15) is 0 Å². The van der Waals surface area contributed by atoms with Crippen molar-refractivity contribution in [3.63, 3.8) is 0 Å². The molecule has 7 heteroatoms. The Morgan fingerprint density at radius 3 is 2.52 bits per heavy atom. The van der Waals surface area contributed by atoms with Gasteiger partial charge in [0.05, 0.1) is 16.8 Å². The Balaban J connectivity index is 1.40. The molecule has 0 fully saturated rings. The van der Waals surface area contributed by atoms with Crippen molar-refractivity contribution in [1.29, 1.82) is 0 Å². The Morgan fingerprint density at radius 2 is 1.78 bits per heavy atom. The van der Waals surface area contributed by atoms with Crippen LogP contribution >= 0.6 is 22.7 Å². The Labute approximate surface area is 163 Å². The van der Waals surface area contributed by atoms with Crippen LogP contribution in [0.25, 0.3) is 44.2 Å². The molecule has 0 aliphatic rings. The molecule has 4 heterocycles. The monoisotopic (exact) mass is 391 g/mol. The highest BCUT2D eigenvalue weighted by Gasteiger charge is 2.13. The molecule has 27 heavy (non-hydrogen) atoms. The number of thiazole rings is 1. The molecule has 5 rings (SSSR count). The summed E-state index contributed by atoms with van der Waals surface area (Å²) in [5, 5.41) is 7.17. The normalized spacial score (nSPS) is 11.1. The summed E-state index contributed by atoms with van der Waals surface area (Å²) in [6.45, 7) is 2.11. The topological polar surface area (TPSA) is 65.0 Å². The highest BCUT2D eigenvalue weighted by molar-refractivity contribution is 7.21. The molecule has 0 atom stereocenters. The van der Waals surface area contributed by atoms with E-state index < -0.39 is 0 Å². The van der Waals surface area contributed by atoms with Crippen LogP contribution in [0.3, 0.4) is 0 Å². The predicted octanol–water partition coefficient (Wildman–Crippen LogP) is 6.16. The third-order valence-electron chi connectivity index (χ3n) is 4.05. The summed E-state index contributed by atoms with van der Waals surface area (Å²) in [5.41, 5.74) is 2.91. The zero-order valence-electron chi connectivity index (χ0n) is 14.2. The number of benzene rings is 1. The van der Waals surface area contributed by atoms with Gasteiger partial charge in [-0.1, -0.05) is 29.4 Å². The molecule has 0 amide bonds. The van der Waals surface area contributed by atoms with Gasteiger partial charge in [0.15, 0.2) is 5.76 Å². The van der Waals surface area contributed by atoms with Crippen LogP contribution < -0.4 is 0 Å². The van der Waals surface area contributed by atoms with Crippen LogP contribution in [0.2, 0.25) is 0 Å². The zero-order chi connectivity index (χ0) is 18.2. The van der Waals surface area contributed by atoms with E-state index in [0.29, 0.717) is 17.5 Å². The lowest BCUT2D eigenvalue weighted by Gasteiger charge is -1.98. The van der Waals surface area contributed by atoms with Gasteiger partial charge in [0.25, 0.3) is 5.89 Å². The number of furan rings is 1. The average Bonchev–Trinajstić information content (AvgIpc) is 3.47. The van der Waals surface area contributed by atoms with Crippen LogP contribution in [0, 0.1) is 6.92 Å². The van der Waals surface area contributed by atoms with E-state index >= 15 is 0 Å². The number of hydrogen-bond donors (Lipinski definition) is 0. The molecule has 0 aliphatic heterocycles. The van der Waals surface area contributed by atoms with Gasteiger partial charge >= 0.3 is 0 Å². The lowest BCUT2D eigenvalue weighted by molar-refractivity contribution is 0.417. The molecule has 0 spiro atoms. The molecule has 0 aliphatic carbocycles. The van der Waals surface area contributed by atoms with E-state index in [2.05, 4.69) is 34.6 Å². The second-order valence-electron chi connectivity index (χ2n) is 5.93. The summed E-state index contributed by atoms with van der Waals surface area (Å²) in [4.78, 5) is 11.7. The Hall–Kier alpha value is -3.03. The first kappa shape index (κ1) is 16.2. The Morgan fingerprint density at radius 1 is 0.926 bits per heavy atom. The van der Waals surface area contributed by atoms with Crippen LogP contribution in [0.1, 0.15) is 4.88 Å². The maximum atomic E-state index is 5.28. The molecule has 1 aromatic carbocycles. The third kappa shape index (κ3) is 3.11. The highest BCUT2D eigenvalue weighted by atomic mass is 32.1. The molecule has 132 valence electrons. The van der Waals surface area contributed by atoms with Gasteiger partial charge in [0, 0.05) is 21.4 Å². The first-order valence-corrected chi connectivity index (χ1v) is 9.96. The third-order valence-corrected chi connectivity index (χ3v) is 6.06. The molecule has 4 aromatic heterocycles. The first-order valence-electron chi connectivity index (χ1n) is 8.27. The maximum Gasteiger partial charge on any atom is 0.293 e. The quantitative estimate of drug-likeness (QED) is 0.367. The van der Waals surface area contributed by atoms with Crippen LogP contribution in [0.15, 0.2) is 69.1 Å². The standard InChI is InChI=1S/C20H13N3O2S2/c1-12-4-9-17(27-12)20-21-15(11-26-20)13-5-7-14(8-6-13)18-22-19(25-23-18)16-3-2-10-24-16/h2-11H,1H3. The number of hydrogen-bond acceptors (Lipinski definition) is 7. The van der Waals surface area contributed by atoms with Crippen LogP contribution in [0.5, 0.6) is 0 Å². The van der Waals surface area contributed by atoms with Crippen molar-refractivity contribution in [2.24, 2.45) is 0 Å². The number of aromatic nitrogens is 3. The summed E-state index contributed by atoms with van der Waals surface area (Å²) in [6.07, 6.45) is 1.58. The largest absolute Gasteiger partial charge is 0.459 e. The van der Waals surface area contributed by atoms with E-state index in [1.807, 2.05) is 24.3 Å². The Kier molecular flexibility index (Phi) is 3.95. The molecule has 0 unspecified atom stereocenters. The summed E-state index contributed by atoms with van der Waals surface area (Å²) in [5.74, 6) is 1.46. The molecule has 0 bridgehead atoms. The number of nitrogens with zero attached hydrogens (tertiary/aromatic N) is 3. The zero-order valence-corrected chi connectivity index (χ0v) is 15.9. The molecular weight excluding hydrogens is 378 g/mol. The molecule has 0 radical (unpaired) electrons. The summed E-state index contributed by atoms with van der Waals surface area (Å²) < 4.78 is 10.6. The highest BCUT2D eigenvalue weighted by Crippen LogP contribution is 2.33. The van der Waals surface area contributed by atoms with E-state index in [-0.39, 0.29) is 0 Å². The lowest BCUT2D eigenvalue weighted by Crippen LogP contribution is -1.83. The Bertz CT molecular complexity index is 1180. The van der Waals surface area contributed by atoms with Crippen LogP contribution in [0.4, 0.5) is 0 Å². The van der Waals surface area contributed by atoms with Crippen LogP contribution in [-0.4, -0.2) is 15.1 Å². The van der Waals surface area contributed by atoms with Crippen molar-refractivity contribution in [2.75, 3.05) is 0 Å². The van der Waals surface area contributed by atoms with Crippen molar-refractivity contribution in [2.45, 2.75) is 6.92 Å². The minimum atomic E-state index is 0.370. The summed E-state index contributed by atoms with van der Waals surface area (Å²) in [7, 11) is 0.